The van der Waals surface area contributed by atoms with Gasteiger partial charge in [0.05, 0.1) is 6.10 Å². The molecule has 92 valence electrons. The molecule has 2 rings (SSSR count). The molecule has 2 N–H and O–H groups in total. The van der Waals surface area contributed by atoms with Crippen molar-refractivity contribution >= 4 is 17.5 Å². The zero-order valence-electron chi connectivity index (χ0n) is 9.44. The quantitative estimate of drug-likeness (QED) is 0.852. The molecule has 0 aliphatic carbocycles. The normalized spacial score (nSPS) is 19.4. The predicted octanol–water partition coefficient (Wildman–Crippen LogP) is 1.14. The van der Waals surface area contributed by atoms with E-state index in [1.165, 1.54) is 0 Å². The van der Waals surface area contributed by atoms with E-state index in [0.29, 0.717) is 17.2 Å². The molecule has 1 aliphatic rings. The van der Waals surface area contributed by atoms with Crippen molar-refractivity contribution in [2.24, 2.45) is 0 Å². The van der Waals surface area contributed by atoms with E-state index in [4.69, 9.17) is 21.4 Å². The van der Waals surface area contributed by atoms with Gasteiger partial charge in [-0.2, -0.15) is 0 Å². The third kappa shape index (κ3) is 2.90. The molecule has 0 saturated heterocycles. The highest BCUT2D eigenvalue weighted by Crippen LogP contribution is 2.30. The minimum atomic E-state index is -0.558. The minimum absolute atomic E-state index is 0.210. The number of aliphatic hydroxyl groups is 1. The Labute approximate surface area is 105 Å². The fraction of sp³-hybridized carbons (Fsp3) is 0.417. The van der Waals surface area contributed by atoms with Crippen molar-refractivity contribution in [2.75, 3.05) is 6.54 Å². The van der Waals surface area contributed by atoms with Crippen LogP contribution in [-0.4, -0.2) is 29.8 Å². The Balaban J connectivity index is 1.97. The average Bonchev–Trinajstić information content (AvgIpc) is 2.68. The molecule has 17 heavy (non-hydrogen) atoms. The van der Waals surface area contributed by atoms with Gasteiger partial charge in [0.25, 0.3) is 5.91 Å². The van der Waals surface area contributed by atoms with Gasteiger partial charge in [-0.3, -0.25) is 4.79 Å². The van der Waals surface area contributed by atoms with Gasteiger partial charge in [0.1, 0.15) is 5.75 Å². The molecule has 1 heterocycles. The number of carbonyl (C=O) groups excluding carboxylic acids is 1. The summed E-state index contributed by atoms with van der Waals surface area (Å²) < 4.78 is 5.50. The Kier molecular flexibility index (Phi) is 3.54. The molecule has 1 amide bonds. The van der Waals surface area contributed by atoms with Gasteiger partial charge in [-0.25, -0.2) is 0 Å². The summed E-state index contributed by atoms with van der Waals surface area (Å²) in [6.45, 7) is 1.85. The molecule has 5 heteroatoms. The second-order valence-corrected chi connectivity index (χ2v) is 4.59. The number of amides is 1. The summed E-state index contributed by atoms with van der Waals surface area (Å²) in [5, 5.41) is 12.3. The summed E-state index contributed by atoms with van der Waals surface area (Å²) in [5.74, 6) is 0.491. The van der Waals surface area contributed by atoms with E-state index in [1.807, 2.05) is 0 Å². The lowest BCUT2D eigenvalue weighted by atomic mass is 10.1. The highest BCUT2D eigenvalue weighted by atomic mass is 35.5. The SMILES string of the molecule is C[C@@H](O)CNC(=O)C1Cc2cc(Cl)ccc2O1. The zero-order chi connectivity index (χ0) is 12.4. The average molecular weight is 256 g/mol. The van der Waals surface area contributed by atoms with Gasteiger partial charge in [-0.15, -0.1) is 0 Å². The van der Waals surface area contributed by atoms with Crippen molar-refractivity contribution in [1.82, 2.24) is 5.32 Å². The largest absolute Gasteiger partial charge is 0.480 e. The van der Waals surface area contributed by atoms with Gasteiger partial charge in [0, 0.05) is 18.0 Å². The third-order valence-electron chi connectivity index (χ3n) is 2.56. The van der Waals surface area contributed by atoms with Crippen molar-refractivity contribution in [1.29, 1.82) is 0 Å². The van der Waals surface area contributed by atoms with Gasteiger partial charge in [-0.1, -0.05) is 11.6 Å². The second kappa shape index (κ2) is 4.94. The maximum Gasteiger partial charge on any atom is 0.261 e. The first kappa shape index (κ1) is 12.2. The van der Waals surface area contributed by atoms with Gasteiger partial charge < -0.3 is 15.2 Å². The number of hydrogen-bond acceptors (Lipinski definition) is 3. The van der Waals surface area contributed by atoms with E-state index in [1.54, 1.807) is 25.1 Å². The first-order chi connectivity index (χ1) is 8.06. The van der Waals surface area contributed by atoms with Crippen LogP contribution < -0.4 is 10.1 Å². The molecule has 0 spiro atoms. The van der Waals surface area contributed by atoms with Crippen molar-refractivity contribution < 1.29 is 14.6 Å². The Bertz CT molecular complexity index is 434. The lowest BCUT2D eigenvalue weighted by Gasteiger charge is -2.12. The van der Waals surface area contributed by atoms with E-state index < -0.39 is 12.2 Å². The number of nitrogens with one attached hydrogen (secondary N) is 1. The summed E-state index contributed by atoms with van der Waals surface area (Å²) >= 11 is 5.86. The molecule has 0 fully saturated rings. The predicted molar refractivity (Wildman–Crippen MR) is 64.3 cm³/mol. The Morgan fingerprint density at radius 1 is 1.71 bits per heavy atom. The molecule has 1 aromatic carbocycles. The summed E-state index contributed by atoms with van der Waals surface area (Å²) in [6, 6.07) is 5.30. The first-order valence-corrected chi connectivity index (χ1v) is 5.85. The van der Waals surface area contributed by atoms with Crippen LogP contribution in [0, 0.1) is 0 Å². The number of carbonyl (C=O) groups is 1. The van der Waals surface area contributed by atoms with E-state index in [0.717, 1.165) is 5.56 Å². The van der Waals surface area contributed by atoms with Gasteiger partial charge >= 0.3 is 0 Å². The number of halogens is 1. The molecule has 0 radical (unpaired) electrons. The van der Waals surface area contributed by atoms with Gasteiger partial charge in [-0.05, 0) is 30.7 Å². The molecule has 0 bridgehead atoms. The lowest BCUT2D eigenvalue weighted by Crippen LogP contribution is -2.40. The van der Waals surface area contributed by atoms with Crippen LogP contribution in [0.2, 0.25) is 5.02 Å². The maximum absolute atomic E-state index is 11.7. The van der Waals surface area contributed by atoms with E-state index in [2.05, 4.69) is 5.32 Å². The van der Waals surface area contributed by atoms with Crippen LogP contribution in [0.15, 0.2) is 18.2 Å². The summed E-state index contributed by atoms with van der Waals surface area (Å²) in [6.07, 6.45) is -0.568. The van der Waals surface area contributed by atoms with Gasteiger partial charge in [0.2, 0.25) is 0 Å². The molecule has 4 nitrogen and oxygen atoms in total. The molecule has 1 unspecified atom stereocenters. The molecule has 1 aliphatic heterocycles. The highest BCUT2D eigenvalue weighted by molar-refractivity contribution is 6.30. The number of hydrogen-bond donors (Lipinski definition) is 2. The van der Waals surface area contributed by atoms with E-state index >= 15 is 0 Å². The summed E-state index contributed by atoms with van der Waals surface area (Å²) in [5.41, 5.74) is 0.940. The Morgan fingerprint density at radius 2 is 2.47 bits per heavy atom. The smallest absolute Gasteiger partial charge is 0.261 e. The van der Waals surface area contributed by atoms with Crippen LogP contribution in [0.1, 0.15) is 12.5 Å². The molecule has 0 saturated carbocycles. The summed E-state index contributed by atoms with van der Waals surface area (Å²) in [7, 11) is 0. The molecular formula is C12H14ClNO3. The Morgan fingerprint density at radius 3 is 3.18 bits per heavy atom. The topological polar surface area (TPSA) is 58.6 Å². The number of ether oxygens (including phenoxy) is 1. The number of rotatable bonds is 3. The minimum Gasteiger partial charge on any atom is -0.480 e. The first-order valence-electron chi connectivity index (χ1n) is 5.47. The standard InChI is InChI=1S/C12H14ClNO3/c1-7(15)6-14-12(16)11-5-8-4-9(13)2-3-10(8)17-11/h2-4,7,11,15H,5-6H2,1H3,(H,14,16)/t7-,11?/m1/s1. The van der Waals surface area contributed by atoms with Crippen molar-refractivity contribution in [3.8, 4) is 5.75 Å². The van der Waals surface area contributed by atoms with E-state index in [9.17, 15) is 4.79 Å². The molecule has 0 aromatic heterocycles. The van der Waals surface area contributed by atoms with Crippen LogP contribution in [0.3, 0.4) is 0 Å². The monoisotopic (exact) mass is 255 g/mol. The van der Waals surface area contributed by atoms with Crippen LogP contribution in [-0.2, 0) is 11.2 Å². The second-order valence-electron chi connectivity index (χ2n) is 4.16. The summed E-state index contributed by atoms with van der Waals surface area (Å²) in [4.78, 5) is 11.7. The number of fused-ring (bicyclic) bond motifs is 1. The van der Waals surface area contributed by atoms with Crippen LogP contribution >= 0.6 is 11.6 Å². The third-order valence-corrected chi connectivity index (χ3v) is 2.80. The number of benzene rings is 1. The fourth-order valence-corrected chi connectivity index (χ4v) is 1.92. The van der Waals surface area contributed by atoms with Crippen LogP contribution in [0.4, 0.5) is 0 Å². The van der Waals surface area contributed by atoms with Crippen molar-refractivity contribution in [3.05, 3.63) is 28.8 Å². The van der Waals surface area contributed by atoms with Crippen LogP contribution in [0.5, 0.6) is 5.75 Å². The zero-order valence-corrected chi connectivity index (χ0v) is 10.2. The highest BCUT2D eigenvalue weighted by Gasteiger charge is 2.29. The van der Waals surface area contributed by atoms with Crippen LogP contribution in [0.25, 0.3) is 0 Å². The lowest BCUT2D eigenvalue weighted by molar-refractivity contribution is -0.127. The maximum atomic E-state index is 11.7. The number of aliphatic hydroxyl groups excluding tert-OH is 1. The van der Waals surface area contributed by atoms with Crippen molar-refractivity contribution in [2.45, 2.75) is 25.6 Å². The van der Waals surface area contributed by atoms with Gasteiger partial charge in [0.15, 0.2) is 6.10 Å². The Hall–Kier alpha value is -1.26. The molecule has 1 aromatic rings. The van der Waals surface area contributed by atoms with E-state index in [-0.39, 0.29) is 12.5 Å². The fourth-order valence-electron chi connectivity index (χ4n) is 1.73. The molecule has 2 atom stereocenters. The van der Waals surface area contributed by atoms with Crippen molar-refractivity contribution in [3.63, 3.8) is 0 Å². The molecular weight excluding hydrogens is 242 g/mol.